The number of allylic oxidation sites excluding steroid dienone is 6. The number of carbonyl (C=O) groups is 2. The van der Waals surface area contributed by atoms with Gasteiger partial charge in [0.05, 0.1) is 38.2 Å². The number of ether oxygens (including phenoxy) is 2. The lowest BCUT2D eigenvalue weighted by atomic mass is 9.77. The highest BCUT2D eigenvalue weighted by Crippen LogP contribution is 2.32. The van der Waals surface area contributed by atoms with Crippen molar-refractivity contribution in [3.8, 4) is 5.75 Å². The van der Waals surface area contributed by atoms with Crippen LogP contribution in [0, 0.1) is 17.0 Å². The van der Waals surface area contributed by atoms with E-state index in [0.717, 1.165) is 30.1 Å². The van der Waals surface area contributed by atoms with Crippen LogP contribution in [0.15, 0.2) is 54.7 Å². The number of carbonyl (C=O) groups excluding carboxylic acids is 2. The van der Waals surface area contributed by atoms with Crippen LogP contribution in [0.25, 0.3) is 0 Å². The molecule has 5 rings (SSSR count). The van der Waals surface area contributed by atoms with Crippen molar-refractivity contribution in [2.24, 2.45) is 11.8 Å². The molecule has 1 aromatic carbocycles. The minimum atomic E-state index is -0.645. The minimum absolute atomic E-state index is 0.0382. The van der Waals surface area contributed by atoms with Gasteiger partial charge in [0.25, 0.3) is 0 Å². The van der Waals surface area contributed by atoms with Gasteiger partial charge in [-0.05, 0) is 31.4 Å². The third kappa shape index (κ3) is 4.58. The number of nitrogens with zero attached hydrogens (tertiary/aromatic N) is 4. The molecule has 1 aliphatic heterocycles. The largest absolute Gasteiger partial charge is 0.571 e. The number of morpholine rings is 1. The van der Waals surface area contributed by atoms with Gasteiger partial charge >= 0.3 is 0 Å². The molecule has 1 aromatic heterocycles. The van der Waals surface area contributed by atoms with Crippen molar-refractivity contribution >= 4 is 17.3 Å². The van der Waals surface area contributed by atoms with Crippen LogP contribution in [0.3, 0.4) is 0 Å². The Labute approximate surface area is 209 Å². The molecular formula is C27H30N4O5. The number of hydrogen-bond acceptors (Lipinski definition) is 7. The Balaban J connectivity index is 1.34. The van der Waals surface area contributed by atoms with Gasteiger partial charge < -0.3 is 19.6 Å². The quantitative estimate of drug-likeness (QED) is 0.435. The van der Waals surface area contributed by atoms with Crippen LogP contribution < -0.4 is 14.6 Å². The fourth-order valence-electron chi connectivity index (χ4n) is 5.03. The number of benzene rings is 1. The zero-order valence-corrected chi connectivity index (χ0v) is 20.3. The molecule has 0 spiro atoms. The van der Waals surface area contributed by atoms with Gasteiger partial charge in [0.15, 0.2) is 17.3 Å². The van der Waals surface area contributed by atoms with E-state index in [1.165, 1.54) is 4.68 Å². The van der Waals surface area contributed by atoms with E-state index in [4.69, 9.17) is 9.47 Å². The number of rotatable bonds is 7. The first-order valence-electron chi connectivity index (χ1n) is 12.5. The Morgan fingerprint density at radius 3 is 2.53 bits per heavy atom. The van der Waals surface area contributed by atoms with Crippen LogP contribution in [-0.2, 0) is 17.7 Å². The molecule has 2 unspecified atom stereocenters. The van der Waals surface area contributed by atoms with E-state index < -0.39 is 11.8 Å². The van der Waals surface area contributed by atoms with Crippen LogP contribution in [0.4, 0.5) is 5.69 Å². The summed E-state index contributed by atoms with van der Waals surface area (Å²) < 4.78 is 12.7. The summed E-state index contributed by atoms with van der Waals surface area (Å²) in [5.74, 6) is -1.02. The van der Waals surface area contributed by atoms with Gasteiger partial charge in [-0.2, -0.15) is 0 Å². The van der Waals surface area contributed by atoms with Crippen LogP contribution >= 0.6 is 0 Å². The maximum absolute atomic E-state index is 13.3. The van der Waals surface area contributed by atoms with E-state index in [1.54, 1.807) is 30.4 Å². The Morgan fingerprint density at radius 2 is 1.81 bits per heavy atom. The van der Waals surface area contributed by atoms with Crippen molar-refractivity contribution in [3.05, 3.63) is 76.8 Å². The molecule has 2 aromatic rings. The van der Waals surface area contributed by atoms with Crippen LogP contribution in [-0.4, -0.2) is 54.3 Å². The Hall–Kier alpha value is -3.72. The highest BCUT2D eigenvalue weighted by Gasteiger charge is 2.45. The Bertz CT molecular complexity index is 1240. The predicted octanol–water partition coefficient (Wildman–Crippen LogP) is 2.68. The van der Waals surface area contributed by atoms with Crippen molar-refractivity contribution in [3.63, 3.8) is 0 Å². The summed E-state index contributed by atoms with van der Waals surface area (Å²) in [7, 11) is 0. The SMILES string of the molecule is CCOc1cc(N2CCOCC2)ccc1CCCn1c2c(n[n+]1[O-])C(=O)C1\C=C/C=C\C=C/C1C2=O. The summed E-state index contributed by atoms with van der Waals surface area (Å²) in [5.41, 5.74) is 2.19. The summed E-state index contributed by atoms with van der Waals surface area (Å²) in [6, 6.07) is 6.20. The van der Waals surface area contributed by atoms with Crippen LogP contribution in [0.5, 0.6) is 5.75 Å². The van der Waals surface area contributed by atoms with E-state index in [2.05, 4.69) is 28.2 Å². The van der Waals surface area contributed by atoms with E-state index in [9.17, 15) is 14.8 Å². The number of hydrogen-bond donors (Lipinski definition) is 0. The van der Waals surface area contributed by atoms with Gasteiger partial charge in [0.1, 0.15) is 5.75 Å². The highest BCUT2D eigenvalue weighted by atomic mass is 16.5. The van der Waals surface area contributed by atoms with E-state index in [-0.39, 0.29) is 29.5 Å². The number of anilines is 1. The lowest BCUT2D eigenvalue weighted by Gasteiger charge is -2.29. The standard InChI is InChI=1S/C27H30N4O5/c1-2-36-23-18-20(29-14-16-35-17-15-29)12-11-19(23)8-7-13-30-25-24(28-31(30)34)26(32)21-9-5-3-4-6-10-22(21)27(25)33/h3-6,9-12,18,21-22H,2,7-8,13-17H2,1H3/b4-3-,9-5-,10-6-. The molecule has 0 bridgehead atoms. The summed E-state index contributed by atoms with van der Waals surface area (Å²) in [6.07, 6.45) is 11.8. The van der Waals surface area contributed by atoms with Gasteiger partial charge in [0, 0.05) is 34.9 Å². The summed E-state index contributed by atoms with van der Waals surface area (Å²) in [4.78, 5) is 29.1. The van der Waals surface area contributed by atoms with Gasteiger partial charge in [-0.25, -0.2) is 0 Å². The second-order valence-corrected chi connectivity index (χ2v) is 9.04. The number of ketones is 2. The molecule has 3 aliphatic rings. The van der Waals surface area contributed by atoms with Gasteiger partial charge in [-0.1, -0.05) is 42.5 Å². The Kier molecular flexibility index (Phi) is 6.99. The molecule has 0 radical (unpaired) electrons. The summed E-state index contributed by atoms with van der Waals surface area (Å²) in [5, 5.41) is 16.5. The number of Topliss-reactive ketones (excluding diaryl/α,β-unsaturated/α-hetero) is 2. The van der Waals surface area contributed by atoms with Crippen LogP contribution in [0.1, 0.15) is 39.9 Å². The molecule has 2 aliphatic carbocycles. The third-order valence-electron chi connectivity index (χ3n) is 6.85. The van der Waals surface area contributed by atoms with Gasteiger partial charge in [-0.15, -0.1) is 4.68 Å². The molecule has 9 nitrogen and oxygen atoms in total. The second-order valence-electron chi connectivity index (χ2n) is 9.04. The van der Waals surface area contributed by atoms with Gasteiger partial charge in [0.2, 0.25) is 5.69 Å². The minimum Gasteiger partial charge on any atom is -0.571 e. The third-order valence-corrected chi connectivity index (χ3v) is 6.85. The van der Waals surface area contributed by atoms with E-state index in [1.807, 2.05) is 13.0 Å². The molecule has 0 saturated carbocycles. The molecule has 0 amide bonds. The molecule has 1 fully saturated rings. The molecule has 9 heteroatoms. The zero-order valence-electron chi connectivity index (χ0n) is 20.3. The molecule has 1 saturated heterocycles. The lowest BCUT2D eigenvalue weighted by molar-refractivity contribution is -0.749. The number of fused-ring (bicyclic) bond motifs is 2. The first kappa shape index (κ1) is 24.0. The average molecular weight is 491 g/mol. The van der Waals surface area contributed by atoms with E-state index >= 15 is 0 Å². The molecular weight excluding hydrogens is 460 g/mol. The number of aromatic nitrogens is 3. The van der Waals surface area contributed by atoms with E-state index in [0.29, 0.717) is 37.6 Å². The van der Waals surface area contributed by atoms with Crippen molar-refractivity contribution in [2.75, 3.05) is 37.8 Å². The molecule has 188 valence electrons. The Morgan fingerprint density at radius 1 is 1.08 bits per heavy atom. The molecule has 2 heterocycles. The summed E-state index contributed by atoms with van der Waals surface area (Å²) in [6.45, 7) is 5.87. The number of aryl methyl sites for hydroxylation is 1. The first-order chi connectivity index (χ1) is 17.6. The lowest BCUT2D eigenvalue weighted by Crippen LogP contribution is -2.42. The van der Waals surface area contributed by atoms with Crippen molar-refractivity contribution < 1.29 is 24.0 Å². The predicted molar refractivity (Wildman–Crippen MR) is 133 cm³/mol. The zero-order chi connectivity index (χ0) is 25.1. The fourth-order valence-corrected chi connectivity index (χ4v) is 5.03. The van der Waals surface area contributed by atoms with Crippen LogP contribution in [0.2, 0.25) is 0 Å². The smallest absolute Gasteiger partial charge is 0.211 e. The topological polar surface area (TPSA) is 101 Å². The summed E-state index contributed by atoms with van der Waals surface area (Å²) >= 11 is 0. The first-order valence-corrected chi connectivity index (χ1v) is 12.5. The fraction of sp³-hybridized carbons (Fsp3) is 0.407. The maximum atomic E-state index is 13.3. The maximum Gasteiger partial charge on any atom is 0.211 e. The van der Waals surface area contributed by atoms with Gasteiger partial charge in [-0.3, -0.25) is 9.59 Å². The van der Waals surface area contributed by atoms with Crippen molar-refractivity contribution in [1.29, 1.82) is 0 Å². The second kappa shape index (κ2) is 10.5. The monoisotopic (exact) mass is 490 g/mol. The molecule has 36 heavy (non-hydrogen) atoms. The molecule has 0 N–H and O–H groups in total. The average Bonchev–Trinajstić information content (AvgIpc) is 3.20. The highest BCUT2D eigenvalue weighted by molar-refractivity contribution is 6.15. The van der Waals surface area contributed by atoms with Crippen molar-refractivity contribution in [2.45, 2.75) is 26.3 Å². The molecule has 2 atom stereocenters. The normalized spacial score (nSPS) is 23.9. The van der Waals surface area contributed by atoms with Crippen molar-refractivity contribution in [1.82, 2.24) is 9.78 Å².